The van der Waals surface area contributed by atoms with Gasteiger partial charge in [-0.3, -0.25) is 14.9 Å². The molecular weight excluding hydrogens is 265 g/mol. The molecule has 0 heterocycles. The molecule has 2 aromatic rings. The second-order valence-corrected chi connectivity index (χ2v) is 4.06. The highest BCUT2D eigenvalue weighted by molar-refractivity contribution is 5.94. The number of rotatable bonds is 4. The minimum Gasteiger partial charge on any atom is -0.454 e. The van der Waals surface area contributed by atoms with Crippen LogP contribution in [0.3, 0.4) is 0 Å². The average Bonchev–Trinajstić information content (AvgIpc) is 2.41. The molecule has 2 rings (SSSR count). The van der Waals surface area contributed by atoms with Crippen LogP contribution in [0.25, 0.3) is 0 Å². The van der Waals surface area contributed by atoms with Gasteiger partial charge in [-0.25, -0.2) is 4.39 Å². The molecule has 0 aliphatic carbocycles. The van der Waals surface area contributed by atoms with Gasteiger partial charge in [0.1, 0.15) is 5.75 Å². The van der Waals surface area contributed by atoms with E-state index in [0.717, 1.165) is 6.07 Å². The van der Waals surface area contributed by atoms with E-state index in [9.17, 15) is 19.3 Å². The van der Waals surface area contributed by atoms with E-state index < -0.39 is 10.7 Å². The Morgan fingerprint density at radius 3 is 2.60 bits per heavy atom. The first-order chi connectivity index (χ1) is 9.47. The Morgan fingerprint density at radius 1 is 1.25 bits per heavy atom. The molecule has 0 bridgehead atoms. The van der Waals surface area contributed by atoms with Gasteiger partial charge >= 0.3 is 0 Å². The van der Waals surface area contributed by atoms with Crippen LogP contribution in [0.15, 0.2) is 42.5 Å². The van der Waals surface area contributed by atoms with Crippen LogP contribution in [0, 0.1) is 15.9 Å². The van der Waals surface area contributed by atoms with E-state index in [0.29, 0.717) is 0 Å². The van der Waals surface area contributed by atoms with Gasteiger partial charge < -0.3 is 4.74 Å². The van der Waals surface area contributed by atoms with E-state index in [1.54, 1.807) is 0 Å². The summed E-state index contributed by atoms with van der Waals surface area (Å²) in [5, 5.41) is 10.6. The molecule has 0 saturated heterocycles. The molecule has 0 saturated carbocycles. The third-order valence-corrected chi connectivity index (χ3v) is 2.59. The van der Waals surface area contributed by atoms with Crippen molar-refractivity contribution >= 4 is 11.5 Å². The van der Waals surface area contributed by atoms with Crippen LogP contribution in [-0.4, -0.2) is 10.7 Å². The van der Waals surface area contributed by atoms with Crippen LogP contribution in [0.5, 0.6) is 11.5 Å². The highest BCUT2D eigenvalue weighted by Gasteiger charge is 2.11. The number of carbonyl (C=O) groups is 1. The number of non-ortho nitro benzene ring substituents is 1. The first-order valence-electron chi connectivity index (χ1n) is 5.70. The summed E-state index contributed by atoms with van der Waals surface area (Å²) >= 11 is 0. The number of nitrogens with zero attached hydrogens (tertiary/aromatic N) is 1. The summed E-state index contributed by atoms with van der Waals surface area (Å²) < 4.78 is 19.0. The Kier molecular flexibility index (Phi) is 3.74. The first kappa shape index (κ1) is 13.7. The number of ketones is 1. The van der Waals surface area contributed by atoms with Crippen molar-refractivity contribution in [3.05, 3.63) is 64.0 Å². The zero-order chi connectivity index (χ0) is 14.7. The standard InChI is InChI=1S/C14H10FNO4/c1-9(17)10-5-6-14(13(15)7-10)20-12-4-2-3-11(8-12)16(18)19/h2-8H,1H3. The SMILES string of the molecule is CC(=O)c1ccc(Oc2cccc([N+](=O)[O-])c2)c(F)c1. The quantitative estimate of drug-likeness (QED) is 0.484. The Hall–Kier alpha value is -2.76. The van der Waals surface area contributed by atoms with Gasteiger partial charge in [-0.2, -0.15) is 0 Å². The number of hydrogen-bond acceptors (Lipinski definition) is 4. The first-order valence-corrected chi connectivity index (χ1v) is 5.70. The molecule has 0 fully saturated rings. The Balaban J connectivity index is 2.28. The summed E-state index contributed by atoms with van der Waals surface area (Å²) in [4.78, 5) is 21.2. The monoisotopic (exact) mass is 275 g/mol. The van der Waals surface area contributed by atoms with Crippen LogP contribution in [0.2, 0.25) is 0 Å². The van der Waals surface area contributed by atoms with Crippen molar-refractivity contribution in [2.45, 2.75) is 6.92 Å². The Morgan fingerprint density at radius 2 is 2.00 bits per heavy atom. The highest BCUT2D eigenvalue weighted by atomic mass is 19.1. The second kappa shape index (κ2) is 5.48. The minimum atomic E-state index is -0.704. The number of carbonyl (C=O) groups excluding carboxylic acids is 1. The van der Waals surface area contributed by atoms with Crippen molar-refractivity contribution in [1.82, 2.24) is 0 Å². The fourth-order valence-electron chi connectivity index (χ4n) is 1.59. The van der Waals surface area contributed by atoms with Crippen molar-refractivity contribution < 1.29 is 18.8 Å². The minimum absolute atomic E-state index is 0.101. The van der Waals surface area contributed by atoms with Crippen molar-refractivity contribution in [3.63, 3.8) is 0 Å². The largest absolute Gasteiger partial charge is 0.454 e. The Labute approximate surface area is 113 Å². The summed E-state index contributed by atoms with van der Waals surface area (Å²) in [5.41, 5.74) is 0.0807. The third-order valence-electron chi connectivity index (χ3n) is 2.59. The van der Waals surface area contributed by atoms with Gasteiger partial charge in [-0.05, 0) is 31.2 Å². The number of ether oxygens (including phenoxy) is 1. The van der Waals surface area contributed by atoms with Gasteiger partial charge in [-0.1, -0.05) is 6.07 Å². The lowest BCUT2D eigenvalue weighted by Crippen LogP contribution is -1.95. The van der Waals surface area contributed by atoms with Crippen LogP contribution >= 0.6 is 0 Å². The molecule has 6 heteroatoms. The molecule has 0 aromatic heterocycles. The maximum atomic E-state index is 13.7. The fraction of sp³-hybridized carbons (Fsp3) is 0.0714. The van der Waals surface area contributed by atoms with E-state index >= 15 is 0 Å². The molecule has 0 aliphatic heterocycles. The lowest BCUT2D eigenvalue weighted by atomic mass is 10.1. The molecule has 0 unspecified atom stereocenters. The maximum Gasteiger partial charge on any atom is 0.273 e. The normalized spacial score (nSPS) is 10.1. The predicted molar refractivity (Wildman–Crippen MR) is 69.6 cm³/mol. The van der Waals surface area contributed by atoms with E-state index in [1.165, 1.54) is 43.3 Å². The molecule has 102 valence electrons. The molecule has 0 N–H and O–H groups in total. The average molecular weight is 275 g/mol. The predicted octanol–water partition coefficient (Wildman–Crippen LogP) is 3.73. The number of Topliss-reactive ketones (excluding diaryl/α,β-unsaturated/α-hetero) is 1. The molecule has 0 atom stereocenters. The fourth-order valence-corrected chi connectivity index (χ4v) is 1.59. The molecule has 0 spiro atoms. The highest BCUT2D eigenvalue weighted by Crippen LogP contribution is 2.27. The molecule has 5 nitrogen and oxygen atoms in total. The number of nitro groups is 1. The van der Waals surface area contributed by atoms with Crippen molar-refractivity contribution in [2.24, 2.45) is 0 Å². The van der Waals surface area contributed by atoms with Crippen LogP contribution < -0.4 is 4.74 Å². The molecule has 0 aliphatic rings. The lowest BCUT2D eigenvalue weighted by molar-refractivity contribution is -0.384. The van der Waals surface area contributed by atoms with E-state index in [4.69, 9.17) is 4.74 Å². The smallest absolute Gasteiger partial charge is 0.273 e. The lowest BCUT2D eigenvalue weighted by Gasteiger charge is -2.07. The number of halogens is 1. The number of nitro benzene ring substituents is 1. The van der Waals surface area contributed by atoms with Gasteiger partial charge in [0.15, 0.2) is 17.3 Å². The molecular formula is C14H10FNO4. The van der Waals surface area contributed by atoms with Gasteiger partial charge in [0.2, 0.25) is 0 Å². The Bertz CT molecular complexity index is 685. The van der Waals surface area contributed by atoms with Gasteiger partial charge in [0.25, 0.3) is 5.69 Å². The molecule has 0 radical (unpaired) electrons. The van der Waals surface area contributed by atoms with Crippen molar-refractivity contribution in [1.29, 1.82) is 0 Å². The van der Waals surface area contributed by atoms with Gasteiger partial charge in [0, 0.05) is 11.6 Å². The van der Waals surface area contributed by atoms with Crippen LogP contribution in [-0.2, 0) is 0 Å². The summed E-state index contributed by atoms with van der Waals surface area (Å²) in [6, 6.07) is 9.22. The van der Waals surface area contributed by atoms with Crippen molar-refractivity contribution in [2.75, 3.05) is 0 Å². The maximum absolute atomic E-state index is 13.7. The topological polar surface area (TPSA) is 69.4 Å². The zero-order valence-corrected chi connectivity index (χ0v) is 10.5. The van der Waals surface area contributed by atoms with Crippen molar-refractivity contribution in [3.8, 4) is 11.5 Å². The third kappa shape index (κ3) is 2.97. The summed E-state index contributed by atoms with van der Waals surface area (Å²) in [6.45, 7) is 1.33. The second-order valence-electron chi connectivity index (χ2n) is 4.06. The number of hydrogen-bond donors (Lipinski definition) is 0. The summed E-state index contributed by atoms with van der Waals surface area (Å²) in [7, 11) is 0. The van der Waals surface area contributed by atoms with E-state index in [-0.39, 0.29) is 28.5 Å². The van der Waals surface area contributed by atoms with Gasteiger partial charge in [-0.15, -0.1) is 0 Å². The number of benzene rings is 2. The molecule has 20 heavy (non-hydrogen) atoms. The van der Waals surface area contributed by atoms with Gasteiger partial charge in [0.05, 0.1) is 11.0 Å². The summed E-state index contributed by atoms with van der Waals surface area (Å²) in [6.07, 6.45) is 0. The molecule has 0 amide bonds. The van der Waals surface area contributed by atoms with E-state index in [2.05, 4.69) is 0 Å². The zero-order valence-electron chi connectivity index (χ0n) is 10.5. The molecule has 2 aromatic carbocycles. The summed E-state index contributed by atoms with van der Waals surface area (Å²) in [5.74, 6) is -0.917. The van der Waals surface area contributed by atoms with E-state index in [1.807, 2.05) is 0 Å². The van der Waals surface area contributed by atoms with Crippen LogP contribution in [0.4, 0.5) is 10.1 Å². The van der Waals surface area contributed by atoms with Crippen LogP contribution in [0.1, 0.15) is 17.3 Å².